The third kappa shape index (κ3) is 2.53. The number of furan rings is 1. The highest BCUT2D eigenvalue weighted by molar-refractivity contribution is 7.92. The normalized spacial score (nSPS) is 14.0. The zero-order chi connectivity index (χ0) is 18.6. The van der Waals surface area contributed by atoms with Gasteiger partial charge in [-0.3, -0.25) is 4.31 Å². The lowest BCUT2D eigenvalue weighted by atomic mass is 10.0. The van der Waals surface area contributed by atoms with E-state index in [4.69, 9.17) is 4.42 Å². The first-order valence-corrected chi connectivity index (χ1v) is 9.67. The number of fused-ring (bicyclic) bond motifs is 2. The molecule has 0 aliphatic carbocycles. The van der Waals surface area contributed by atoms with E-state index in [1.807, 2.05) is 0 Å². The van der Waals surface area contributed by atoms with Crippen molar-refractivity contribution in [2.24, 2.45) is 0 Å². The van der Waals surface area contributed by atoms with Gasteiger partial charge < -0.3 is 9.52 Å². The summed E-state index contributed by atoms with van der Waals surface area (Å²) in [7, 11) is -3.43. The molecule has 0 amide bonds. The fourth-order valence-corrected chi connectivity index (χ4v) is 4.26. The molecule has 3 aromatic rings. The third-order valence-corrected chi connectivity index (χ3v) is 5.64. The van der Waals surface area contributed by atoms with Gasteiger partial charge in [-0.2, -0.15) is 0 Å². The zero-order valence-electron chi connectivity index (χ0n) is 13.7. The van der Waals surface area contributed by atoms with Crippen molar-refractivity contribution < 1.29 is 27.1 Å². The van der Waals surface area contributed by atoms with Gasteiger partial charge in [0, 0.05) is 23.6 Å². The van der Waals surface area contributed by atoms with E-state index in [1.54, 1.807) is 12.1 Å². The Bertz CT molecular complexity index is 1150. The van der Waals surface area contributed by atoms with Crippen LogP contribution in [0.2, 0.25) is 0 Å². The summed E-state index contributed by atoms with van der Waals surface area (Å²) in [4.78, 5) is 11.8. The molecule has 134 valence electrons. The third-order valence-electron chi connectivity index (χ3n) is 4.46. The van der Waals surface area contributed by atoms with Gasteiger partial charge in [-0.05, 0) is 42.3 Å². The van der Waals surface area contributed by atoms with Crippen molar-refractivity contribution in [3.8, 4) is 11.3 Å². The number of hydrogen-bond acceptors (Lipinski definition) is 4. The highest BCUT2D eigenvalue weighted by Gasteiger charge is 2.30. The van der Waals surface area contributed by atoms with E-state index < -0.39 is 21.8 Å². The summed E-state index contributed by atoms with van der Waals surface area (Å²) in [5, 5.41) is 10.1. The lowest BCUT2D eigenvalue weighted by Crippen LogP contribution is -2.27. The fourth-order valence-electron chi connectivity index (χ4n) is 3.31. The molecule has 4 rings (SSSR count). The number of rotatable bonds is 3. The first-order chi connectivity index (χ1) is 12.3. The molecular weight excluding hydrogens is 361 g/mol. The van der Waals surface area contributed by atoms with Crippen LogP contribution in [0.4, 0.5) is 10.1 Å². The summed E-state index contributed by atoms with van der Waals surface area (Å²) in [6.45, 7) is 0.313. The van der Waals surface area contributed by atoms with Crippen molar-refractivity contribution in [1.82, 2.24) is 0 Å². The van der Waals surface area contributed by atoms with Gasteiger partial charge in [0.2, 0.25) is 10.0 Å². The maximum atomic E-state index is 13.2. The minimum absolute atomic E-state index is 0.0211. The first kappa shape index (κ1) is 16.6. The minimum Gasteiger partial charge on any atom is -0.478 e. The minimum atomic E-state index is -3.43. The number of carbonyl (C=O) groups is 1. The molecule has 0 bridgehead atoms. The quantitative estimate of drug-likeness (QED) is 0.759. The van der Waals surface area contributed by atoms with Crippen molar-refractivity contribution in [1.29, 1.82) is 0 Å². The Balaban J connectivity index is 1.97. The number of sulfonamides is 1. The average Bonchev–Trinajstić information content (AvgIpc) is 3.13. The van der Waals surface area contributed by atoms with Crippen LogP contribution in [-0.4, -0.2) is 32.3 Å². The molecule has 8 heteroatoms. The van der Waals surface area contributed by atoms with Crippen molar-refractivity contribution in [2.75, 3.05) is 17.1 Å². The van der Waals surface area contributed by atoms with E-state index >= 15 is 0 Å². The second-order valence-electron chi connectivity index (χ2n) is 6.18. The van der Waals surface area contributed by atoms with Gasteiger partial charge in [0.1, 0.15) is 22.7 Å². The van der Waals surface area contributed by atoms with Crippen molar-refractivity contribution >= 4 is 32.6 Å². The number of carboxylic acids is 1. The molecule has 1 N–H and O–H groups in total. The molecule has 0 radical (unpaired) electrons. The first-order valence-electron chi connectivity index (χ1n) is 7.82. The molecule has 0 fully saturated rings. The number of aromatic carboxylic acids is 1. The monoisotopic (exact) mass is 375 g/mol. The standard InChI is InChI=1S/C18H14FNO5S/c1-26(23,24)20-7-6-11-8-13-15(9-14(11)20)25-17(16(13)18(21)22)10-2-4-12(19)5-3-10/h2-5,8-9H,6-7H2,1H3,(H,21,22). The van der Waals surface area contributed by atoms with E-state index in [1.165, 1.54) is 28.6 Å². The maximum absolute atomic E-state index is 13.2. The molecule has 1 aliphatic heterocycles. The van der Waals surface area contributed by atoms with Crippen LogP contribution in [0.25, 0.3) is 22.3 Å². The second-order valence-corrected chi connectivity index (χ2v) is 8.09. The summed E-state index contributed by atoms with van der Waals surface area (Å²) in [5.41, 5.74) is 1.93. The molecular formula is C18H14FNO5S. The van der Waals surface area contributed by atoms with Crippen molar-refractivity contribution in [3.63, 3.8) is 0 Å². The van der Waals surface area contributed by atoms with E-state index in [-0.39, 0.29) is 16.9 Å². The van der Waals surface area contributed by atoms with Crippen LogP contribution in [0.3, 0.4) is 0 Å². The molecule has 2 aromatic carbocycles. The van der Waals surface area contributed by atoms with Gasteiger partial charge in [-0.25, -0.2) is 17.6 Å². The predicted molar refractivity (Wildman–Crippen MR) is 94.5 cm³/mol. The molecule has 6 nitrogen and oxygen atoms in total. The maximum Gasteiger partial charge on any atom is 0.340 e. The topological polar surface area (TPSA) is 87.8 Å². The largest absolute Gasteiger partial charge is 0.478 e. The molecule has 1 aromatic heterocycles. The van der Waals surface area contributed by atoms with Gasteiger partial charge >= 0.3 is 5.97 Å². The average molecular weight is 375 g/mol. The summed E-state index contributed by atoms with van der Waals surface area (Å²) in [6, 6.07) is 8.54. The Morgan fingerprint density at radius 1 is 1.23 bits per heavy atom. The van der Waals surface area contributed by atoms with Crippen LogP contribution in [-0.2, 0) is 16.4 Å². The smallest absolute Gasteiger partial charge is 0.340 e. The predicted octanol–water partition coefficient (Wildman–Crippen LogP) is 3.26. The Hall–Kier alpha value is -2.87. The Kier molecular flexibility index (Phi) is 3.55. The SMILES string of the molecule is CS(=O)(=O)N1CCc2cc3c(C(=O)O)c(-c4ccc(F)cc4)oc3cc21. The lowest BCUT2D eigenvalue weighted by molar-refractivity contribution is 0.0699. The van der Waals surface area contributed by atoms with Gasteiger partial charge in [0.05, 0.1) is 11.9 Å². The van der Waals surface area contributed by atoms with E-state index in [9.17, 15) is 22.7 Å². The van der Waals surface area contributed by atoms with Gasteiger partial charge in [0.15, 0.2) is 0 Å². The number of benzene rings is 2. The number of halogens is 1. The summed E-state index contributed by atoms with van der Waals surface area (Å²) < 4.78 is 44.1. The Morgan fingerprint density at radius 2 is 1.92 bits per heavy atom. The molecule has 0 saturated heterocycles. The van der Waals surface area contributed by atoms with Crippen LogP contribution in [0.5, 0.6) is 0 Å². The lowest BCUT2D eigenvalue weighted by Gasteiger charge is -2.16. The Labute approximate surface area is 148 Å². The van der Waals surface area contributed by atoms with Crippen LogP contribution >= 0.6 is 0 Å². The number of nitrogens with zero attached hydrogens (tertiary/aromatic N) is 1. The van der Waals surface area contributed by atoms with Crippen molar-refractivity contribution in [3.05, 3.63) is 53.3 Å². The fraction of sp³-hybridized carbons (Fsp3) is 0.167. The highest BCUT2D eigenvalue weighted by atomic mass is 32.2. The second kappa shape index (κ2) is 5.57. The molecule has 0 saturated carbocycles. The van der Waals surface area contributed by atoms with Gasteiger partial charge in [-0.1, -0.05) is 0 Å². The molecule has 1 aliphatic rings. The van der Waals surface area contributed by atoms with Gasteiger partial charge in [0.25, 0.3) is 0 Å². The van der Waals surface area contributed by atoms with E-state index in [0.29, 0.717) is 29.6 Å². The summed E-state index contributed by atoms with van der Waals surface area (Å²) in [6.07, 6.45) is 1.62. The highest BCUT2D eigenvalue weighted by Crippen LogP contribution is 2.40. The van der Waals surface area contributed by atoms with Crippen LogP contribution in [0.1, 0.15) is 15.9 Å². The zero-order valence-corrected chi connectivity index (χ0v) is 14.5. The van der Waals surface area contributed by atoms with Crippen molar-refractivity contribution in [2.45, 2.75) is 6.42 Å². The number of carboxylic acid groups (broad SMARTS) is 1. The molecule has 26 heavy (non-hydrogen) atoms. The van der Waals surface area contributed by atoms with Crippen LogP contribution < -0.4 is 4.31 Å². The van der Waals surface area contributed by atoms with Crippen LogP contribution in [0.15, 0.2) is 40.8 Å². The number of anilines is 1. The molecule has 0 spiro atoms. The molecule has 2 heterocycles. The number of hydrogen-bond donors (Lipinski definition) is 1. The van der Waals surface area contributed by atoms with E-state index in [0.717, 1.165) is 11.8 Å². The summed E-state index contributed by atoms with van der Waals surface area (Å²) in [5.74, 6) is -1.49. The summed E-state index contributed by atoms with van der Waals surface area (Å²) >= 11 is 0. The Morgan fingerprint density at radius 3 is 2.54 bits per heavy atom. The molecule has 0 unspecified atom stereocenters. The van der Waals surface area contributed by atoms with E-state index in [2.05, 4.69) is 0 Å². The van der Waals surface area contributed by atoms with Crippen LogP contribution in [0, 0.1) is 5.82 Å². The molecule has 0 atom stereocenters. The van der Waals surface area contributed by atoms with Gasteiger partial charge in [-0.15, -0.1) is 0 Å².